The van der Waals surface area contributed by atoms with Gasteiger partial charge in [-0.15, -0.1) is 0 Å². The van der Waals surface area contributed by atoms with Crippen molar-refractivity contribution in [3.63, 3.8) is 0 Å². The second-order valence-corrected chi connectivity index (χ2v) is 7.62. The zero-order valence-electron chi connectivity index (χ0n) is 15.9. The average molecular weight is 380 g/mol. The molecule has 1 N–H and O–H groups in total. The molecule has 2 aromatic rings. The number of carbonyl (C=O) groups is 2. The first-order valence-corrected chi connectivity index (χ1v) is 9.68. The first kappa shape index (κ1) is 18.4. The van der Waals surface area contributed by atoms with Gasteiger partial charge in [-0.1, -0.05) is 12.1 Å². The fourth-order valence-corrected chi connectivity index (χ4v) is 4.51. The number of nitrogens with one attached hydrogen (secondary N) is 1. The Hall–Kier alpha value is -2.96. The highest BCUT2D eigenvalue weighted by molar-refractivity contribution is 5.81. The molecule has 3 atom stereocenters. The van der Waals surface area contributed by atoms with E-state index in [1.165, 1.54) is 6.07 Å². The monoisotopic (exact) mass is 380 g/mol. The molecule has 2 aromatic heterocycles. The molecule has 28 heavy (non-hydrogen) atoms. The van der Waals surface area contributed by atoms with Crippen LogP contribution in [-0.4, -0.2) is 45.9 Å². The summed E-state index contributed by atoms with van der Waals surface area (Å²) in [5, 5.41) is 2.99. The molecular formula is C21H24N4O3. The summed E-state index contributed by atoms with van der Waals surface area (Å²) in [6.45, 7) is 3.14. The second kappa shape index (κ2) is 7.58. The van der Waals surface area contributed by atoms with Crippen LogP contribution in [0.5, 0.6) is 0 Å². The highest BCUT2D eigenvalue weighted by atomic mass is 16.2. The van der Waals surface area contributed by atoms with Crippen molar-refractivity contribution >= 4 is 11.8 Å². The fraction of sp³-hybridized carbons (Fsp3) is 0.429. The Kier molecular flexibility index (Phi) is 4.98. The summed E-state index contributed by atoms with van der Waals surface area (Å²) in [6.07, 6.45) is 4.99. The number of hydrogen-bond acceptors (Lipinski definition) is 4. The summed E-state index contributed by atoms with van der Waals surface area (Å²) >= 11 is 0. The second-order valence-electron chi connectivity index (χ2n) is 7.62. The number of fused-ring (bicyclic) bond motifs is 4. The van der Waals surface area contributed by atoms with E-state index >= 15 is 0 Å². The van der Waals surface area contributed by atoms with E-state index in [1.54, 1.807) is 34.9 Å². The minimum Gasteiger partial charge on any atom is -0.354 e. The number of nitrogens with zero attached hydrogens (tertiary/aromatic N) is 3. The molecule has 0 aliphatic carbocycles. The molecule has 2 bridgehead atoms. The maximum absolute atomic E-state index is 13.1. The summed E-state index contributed by atoms with van der Waals surface area (Å²) in [7, 11) is 0. The van der Waals surface area contributed by atoms with Crippen molar-refractivity contribution < 1.29 is 9.59 Å². The molecule has 0 aromatic carbocycles. The number of pyridine rings is 2. The molecule has 1 saturated heterocycles. The van der Waals surface area contributed by atoms with E-state index in [0.29, 0.717) is 26.1 Å². The Bertz CT molecular complexity index is 940. The van der Waals surface area contributed by atoms with Crippen molar-refractivity contribution in [3.8, 4) is 0 Å². The van der Waals surface area contributed by atoms with Gasteiger partial charge in [0.05, 0.1) is 0 Å². The van der Waals surface area contributed by atoms with Crippen LogP contribution in [0.3, 0.4) is 0 Å². The lowest BCUT2D eigenvalue weighted by atomic mass is 9.78. The van der Waals surface area contributed by atoms with Gasteiger partial charge >= 0.3 is 0 Å². The van der Waals surface area contributed by atoms with Crippen LogP contribution < -0.4 is 10.9 Å². The summed E-state index contributed by atoms with van der Waals surface area (Å²) in [5.41, 5.74) is 1.74. The minimum absolute atomic E-state index is 0.0113. The first-order chi connectivity index (χ1) is 13.5. The Morgan fingerprint density at radius 1 is 1.21 bits per heavy atom. The molecular weight excluding hydrogens is 356 g/mol. The number of aromatic nitrogens is 2. The van der Waals surface area contributed by atoms with Gasteiger partial charge in [-0.25, -0.2) is 0 Å². The summed E-state index contributed by atoms with van der Waals surface area (Å²) in [6, 6.07) is 8.39. The van der Waals surface area contributed by atoms with Crippen LogP contribution in [-0.2, 0) is 16.0 Å². The van der Waals surface area contributed by atoms with Crippen molar-refractivity contribution in [3.05, 3.63) is 64.3 Å². The van der Waals surface area contributed by atoms with Crippen LogP contribution in [0.1, 0.15) is 36.6 Å². The van der Waals surface area contributed by atoms with Crippen LogP contribution >= 0.6 is 0 Å². The van der Waals surface area contributed by atoms with Crippen molar-refractivity contribution in [2.24, 2.45) is 5.92 Å². The Balaban J connectivity index is 1.57. The Morgan fingerprint density at radius 2 is 2.07 bits per heavy atom. The van der Waals surface area contributed by atoms with Crippen molar-refractivity contribution in [2.45, 2.75) is 31.7 Å². The molecule has 4 heterocycles. The van der Waals surface area contributed by atoms with Gasteiger partial charge in [0.15, 0.2) is 0 Å². The normalized spacial score (nSPS) is 23.0. The predicted molar refractivity (Wildman–Crippen MR) is 104 cm³/mol. The van der Waals surface area contributed by atoms with Crippen molar-refractivity contribution in [1.82, 2.24) is 19.8 Å². The number of piperidine rings is 1. The molecule has 0 saturated carbocycles. The third-order valence-electron chi connectivity index (χ3n) is 5.80. The minimum atomic E-state index is -0.587. The van der Waals surface area contributed by atoms with E-state index in [0.717, 1.165) is 17.7 Å². The van der Waals surface area contributed by atoms with E-state index < -0.39 is 6.04 Å². The number of amides is 2. The lowest BCUT2D eigenvalue weighted by Crippen LogP contribution is -2.54. The maximum atomic E-state index is 13.1. The zero-order chi connectivity index (χ0) is 19.7. The zero-order valence-corrected chi connectivity index (χ0v) is 15.9. The number of likely N-dealkylation sites (tertiary alicyclic amines) is 1. The van der Waals surface area contributed by atoms with Crippen LogP contribution in [0.15, 0.2) is 47.5 Å². The lowest BCUT2D eigenvalue weighted by molar-refractivity contribution is -0.135. The summed E-state index contributed by atoms with van der Waals surface area (Å²) in [5.74, 6) is -0.117. The third kappa shape index (κ3) is 3.44. The van der Waals surface area contributed by atoms with Crippen LogP contribution in [0.2, 0.25) is 0 Å². The smallest absolute Gasteiger partial charge is 0.251 e. The van der Waals surface area contributed by atoms with Gasteiger partial charge in [-0.2, -0.15) is 0 Å². The highest BCUT2D eigenvalue weighted by Gasteiger charge is 2.44. The van der Waals surface area contributed by atoms with Gasteiger partial charge in [0.1, 0.15) is 6.04 Å². The molecule has 7 heteroatoms. The molecule has 2 aliphatic heterocycles. The maximum Gasteiger partial charge on any atom is 0.251 e. The van der Waals surface area contributed by atoms with Gasteiger partial charge in [-0.3, -0.25) is 23.9 Å². The summed E-state index contributed by atoms with van der Waals surface area (Å²) in [4.78, 5) is 43.6. The largest absolute Gasteiger partial charge is 0.354 e. The quantitative estimate of drug-likeness (QED) is 0.861. The SMILES string of the molecule is CC(=O)N1C[C@H]2C[C@@H](C1)[C@H](C(=O)NCCc1cccnc1)n1c2cccc1=O. The average Bonchev–Trinajstić information content (AvgIpc) is 2.69. The van der Waals surface area contributed by atoms with Crippen molar-refractivity contribution in [1.29, 1.82) is 0 Å². The molecule has 146 valence electrons. The van der Waals surface area contributed by atoms with E-state index in [-0.39, 0.29) is 29.2 Å². The lowest BCUT2D eigenvalue weighted by Gasteiger charge is -2.46. The number of rotatable bonds is 4. The number of carbonyl (C=O) groups excluding carboxylic acids is 2. The summed E-state index contributed by atoms with van der Waals surface area (Å²) < 4.78 is 1.65. The van der Waals surface area contributed by atoms with Crippen LogP contribution in [0.25, 0.3) is 0 Å². The van der Waals surface area contributed by atoms with Gasteiger partial charge in [0, 0.05) is 62.5 Å². The molecule has 2 amide bonds. The number of hydrogen-bond donors (Lipinski definition) is 1. The Morgan fingerprint density at radius 3 is 2.82 bits per heavy atom. The molecule has 7 nitrogen and oxygen atoms in total. The molecule has 0 spiro atoms. The van der Waals surface area contributed by atoms with Crippen LogP contribution in [0, 0.1) is 5.92 Å². The van der Waals surface area contributed by atoms with Gasteiger partial charge < -0.3 is 10.2 Å². The molecule has 4 rings (SSSR count). The molecule has 0 radical (unpaired) electrons. The molecule has 1 fully saturated rings. The van der Waals surface area contributed by atoms with Gasteiger partial charge in [0.2, 0.25) is 11.8 Å². The van der Waals surface area contributed by atoms with Crippen LogP contribution in [0.4, 0.5) is 0 Å². The van der Waals surface area contributed by atoms with Gasteiger partial charge in [0.25, 0.3) is 5.56 Å². The Labute approximate surface area is 163 Å². The molecule has 2 aliphatic rings. The predicted octanol–water partition coefficient (Wildman–Crippen LogP) is 1.11. The first-order valence-electron chi connectivity index (χ1n) is 9.68. The topological polar surface area (TPSA) is 84.3 Å². The van der Waals surface area contributed by atoms with E-state index in [1.807, 2.05) is 18.2 Å². The van der Waals surface area contributed by atoms with E-state index in [2.05, 4.69) is 10.3 Å². The van der Waals surface area contributed by atoms with E-state index in [9.17, 15) is 14.4 Å². The fourth-order valence-electron chi connectivity index (χ4n) is 4.51. The molecule has 0 unspecified atom stereocenters. The van der Waals surface area contributed by atoms with Gasteiger partial charge in [-0.05, 0) is 30.5 Å². The standard InChI is InChI=1S/C21H24N4O3/c1-14(26)24-12-16-10-17(13-24)20(25-18(16)5-2-6-19(25)27)21(28)23-9-7-15-4-3-8-22-11-15/h2-6,8,11,16-17,20H,7,9-10,12-13H2,1H3,(H,23,28)/t16-,17+,20-/m1/s1. The highest BCUT2D eigenvalue weighted by Crippen LogP contribution is 2.41. The third-order valence-corrected chi connectivity index (χ3v) is 5.80. The van der Waals surface area contributed by atoms with Crippen molar-refractivity contribution in [2.75, 3.05) is 19.6 Å². The van der Waals surface area contributed by atoms with E-state index in [4.69, 9.17) is 0 Å².